The first-order valence-electron chi connectivity index (χ1n) is 12.9. The zero-order valence-electron chi connectivity index (χ0n) is 20.3. The molecule has 1 rings (SSSR count). The van der Waals surface area contributed by atoms with E-state index in [0.29, 0.717) is 32.0 Å². The predicted molar refractivity (Wildman–Crippen MR) is 126 cm³/mol. The molecule has 0 aromatic heterocycles. The molecule has 6 nitrogen and oxygen atoms in total. The Morgan fingerprint density at radius 3 is 2.23 bits per heavy atom. The fourth-order valence-electron chi connectivity index (χ4n) is 4.29. The molecular weight excluding hydrogens is 392 g/mol. The number of carboxylic acid groups (broad SMARTS) is 1. The normalized spacial score (nSPS) is 16.2. The topological polar surface area (TPSA) is 70.1 Å². The summed E-state index contributed by atoms with van der Waals surface area (Å²) >= 11 is 0. The summed E-state index contributed by atoms with van der Waals surface area (Å²) in [5, 5.41) is 9.16. The van der Waals surface area contributed by atoms with Crippen LogP contribution in [0.5, 0.6) is 0 Å². The van der Waals surface area contributed by atoms with Crippen LogP contribution in [0.15, 0.2) is 0 Å². The molecule has 1 fully saturated rings. The second-order valence-corrected chi connectivity index (χ2v) is 9.17. The van der Waals surface area contributed by atoms with Gasteiger partial charge in [-0.05, 0) is 57.7 Å². The first kappa shape index (κ1) is 27.7. The van der Waals surface area contributed by atoms with E-state index in [0.717, 1.165) is 58.2 Å². The van der Waals surface area contributed by atoms with E-state index in [9.17, 15) is 9.59 Å². The molecule has 1 N–H and O–H groups in total. The summed E-state index contributed by atoms with van der Waals surface area (Å²) < 4.78 is 5.33. The zero-order valence-corrected chi connectivity index (χ0v) is 20.3. The van der Waals surface area contributed by atoms with Crippen LogP contribution in [-0.4, -0.2) is 66.3 Å². The van der Waals surface area contributed by atoms with Gasteiger partial charge in [-0.15, -0.1) is 0 Å². The number of amides is 1. The van der Waals surface area contributed by atoms with Gasteiger partial charge in [0.15, 0.2) is 0 Å². The summed E-state index contributed by atoms with van der Waals surface area (Å²) in [5.74, 6) is 0.399. The molecule has 1 amide bonds. The van der Waals surface area contributed by atoms with Crippen molar-refractivity contribution in [2.75, 3.05) is 39.3 Å². The average molecular weight is 441 g/mol. The number of esters is 1. The van der Waals surface area contributed by atoms with Crippen molar-refractivity contribution in [3.05, 3.63) is 0 Å². The molecule has 0 aromatic carbocycles. The zero-order chi connectivity index (χ0) is 22.7. The monoisotopic (exact) mass is 440 g/mol. The lowest BCUT2D eigenvalue weighted by atomic mass is 10.0. The molecule has 1 aliphatic heterocycles. The molecule has 1 aliphatic rings. The van der Waals surface area contributed by atoms with E-state index < -0.39 is 6.09 Å². The highest BCUT2D eigenvalue weighted by Gasteiger charge is 2.25. The van der Waals surface area contributed by atoms with Gasteiger partial charge >= 0.3 is 12.1 Å². The molecule has 0 aromatic rings. The molecule has 1 saturated heterocycles. The Balaban J connectivity index is 2.28. The third-order valence-electron chi connectivity index (χ3n) is 6.35. The van der Waals surface area contributed by atoms with Crippen molar-refractivity contribution in [3.8, 4) is 0 Å². The first-order valence-corrected chi connectivity index (χ1v) is 12.9. The van der Waals surface area contributed by atoms with Crippen LogP contribution >= 0.6 is 0 Å². The lowest BCUT2D eigenvalue weighted by Crippen LogP contribution is -2.30. The minimum absolute atomic E-state index is 0.0696. The van der Waals surface area contributed by atoms with Gasteiger partial charge in [0.05, 0.1) is 6.61 Å². The second-order valence-electron chi connectivity index (χ2n) is 9.17. The summed E-state index contributed by atoms with van der Waals surface area (Å²) in [4.78, 5) is 27.1. The number of carbonyl (C=O) groups excluding carboxylic acids is 1. The van der Waals surface area contributed by atoms with E-state index >= 15 is 0 Å². The Morgan fingerprint density at radius 2 is 1.55 bits per heavy atom. The molecule has 1 atom stereocenters. The minimum Gasteiger partial charge on any atom is -0.466 e. The van der Waals surface area contributed by atoms with Gasteiger partial charge in [0.25, 0.3) is 0 Å². The summed E-state index contributed by atoms with van der Waals surface area (Å²) in [7, 11) is 0. The van der Waals surface area contributed by atoms with E-state index in [1.807, 2.05) is 0 Å². The van der Waals surface area contributed by atoms with Gasteiger partial charge in [0.1, 0.15) is 0 Å². The highest BCUT2D eigenvalue weighted by Crippen LogP contribution is 2.20. The fraction of sp³-hybridized carbons (Fsp3) is 0.920. The second kappa shape index (κ2) is 18.3. The van der Waals surface area contributed by atoms with Gasteiger partial charge in [-0.2, -0.15) is 0 Å². The van der Waals surface area contributed by atoms with Gasteiger partial charge in [-0.1, -0.05) is 65.2 Å². The maximum absolute atomic E-state index is 11.9. The van der Waals surface area contributed by atoms with Crippen LogP contribution in [0.1, 0.15) is 104 Å². The third-order valence-corrected chi connectivity index (χ3v) is 6.35. The van der Waals surface area contributed by atoms with Crippen molar-refractivity contribution >= 4 is 12.1 Å². The molecular formula is C25H48N2O4. The van der Waals surface area contributed by atoms with E-state index in [2.05, 4.69) is 18.7 Å². The Hall–Kier alpha value is -1.30. The lowest BCUT2D eigenvalue weighted by Gasteiger charge is -2.24. The number of ether oxygens (including phenoxy) is 1. The van der Waals surface area contributed by atoms with Crippen molar-refractivity contribution < 1.29 is 19.4 Å². The van der Waals surface area contributed by atoms with Crippen LogP contribution in [0.2, 0.25) is 0 Å². The van der Waals surface area contributed by atoms with Crippen LogP contribution in [0.4, 0.5) is 4.79 Å². The highest BCUT2D eigenvalue weighted by atomic mass is 16.5. The van der Waals surface area contributed by atoms with Crippen molar-refractivity contribution in [1.29, 1.82) is 0 Å². The minimum atomic E-state index is -0.792. The predicted octanol–water partition coefficient (Wildman–Crippen LogP) is 5.94. The van der Waals surface area contributed by atoms with E-state index in [4.69, 9.17) is 9.84 Å². The number of carbonyl (C=O) groups is 2. The van der Waals surface area contributed by atoms with Gasteiger partial charge in [-0.25, -0.2) is 4.79 Å². The van der Waals surface area contributed by atoms with Gasteiger partial charge in [0, 0.05) is 19.5 Å². The molecule has 182 valence electrons. The Kier molecular flexibility index (Phi) is 16.4. The number of unbranched alkanes of at least 4 members (excludes halogenated alkanes) is 8. The lowest BCUT2D eigenvalue weighted by molar-refractivity contribution is -0.143. The van der Waals surface area contributed by atoms with Crippen LogP contribution in [-0.2, 0) is 9.53 Å². The SMILES string of the molecule is CCCCCCCCCN(CCCC(=O)OCCCCC)CCC1CCN(C(=O)O)C1. The summed E-state index contributed by atoms with van der Waals surface area (Å²) in [5.41, 5.74) is 0. The Morgan fingerprint density at radius 1 is 0.903 bits per heavy atom. The molecule has 0 bridgehead atoms. The molecule has 6 heteroatoms. The Bertz CT molecular complexity index is 472. The maximum atomic E-state index is 11.9. The molecule has 1 unspecified atom stereocenters. The van der Waals surface area contributed by atoms with Crippen molar-refractivity contribution in [2.24, 2.45) is 5.92 Å². The number of rotatable bonds is 19. The standard InChI is InChI=1S/C25H48N2O4/c1-3-5-7-8-9-10-11-17-26(18-13-14-24(28)31-21-12-6-4-2)19-15-23-16-20-27(22-23)25(29)30/h23H,3-22H2,1-2H3,(H,29,30). The molecule has 1 heterocycles. The van der Waals surface area contributed by atoms with Crippen LogP contribution in [0.3, 0.4) is 0 Å². The smallest absolute Gasteiger partial charge is 0.407 e. The maximum Gasteiger partial charge on any atom is 0.407 e. The number of hydrogen-bond donors (Lipinski definition) is 1. The van der Waals surface area contributed by atoms with Crippen LogP contribution < -0.4 is 0 Å². The van der Waals surface area contributed by atoms with Gasteiger partial charge < -0.3 is 19.6 Å². The van der Waals surface area contributed by atoms with E-state index in [-0.39, 0.29) is 5.97 Å². The van der Waals surface area contributed by atoms with Crippen LogP contribution in [0.25, 0.3) is 0 Å². The first-order chi connectivity index (χ1) is 15.1. The van der Waals surface area contributed by atoms with Crippen LogP contribution in [0, 0.1) is 5.92 Å². The molecule has 0 radical (unpaired) electrons. The molecule has 0 spiro atoms. The highest BCUT2D eigenvalue weighted by molar-refractivity contribution is 5.69. The van der Waals surface area contributed by atoms with Crippen molar-refractivity contribution in [1.82, 2.24) is 9.80 Å². The fourth-order valence-corrected chi connectivity index (χ4v) is 4.29. The van der Waals surface area contributed by atoms with Gasteiger partial charge in [-0.3, -0.25) is 4.79 Å². The number of hydrogen-bond acceptors (Lipinski definition) is 4. The molecule has 31 heavy (non-hydrogen) atoms. The van der Waals surface area contributed by atoms with Gasteiger partial charge in [0.2, 0.25) is 0 Å². The summed E-state index contributed by atoms with van der Waals surface area (Å²) in [6, 6.07) is 0. The Labute approximate surface area is 190 Å². The summed E-state index contributed by atoms with van der Waals surface area (Å²) in [6.45, 7) is 9.29. The quantitative estimate of drug-likeness (QED) is 0.199. The van der Waals surface area contributed by atoms with E-state index in [1.54, 1.807) is 4.90 Å². The van der Waals surface area contributed by atoms with Crippen molar-refractivity contribution in [3.63, 3.8) is 0 Å². The molecule has 0 aliphatic carbocycles. The average Bonchev–Trinajstić information content (AvgIpc) is 3.23. The molecule has 0 saturated carbocycles. The third kappa shape index (κ3) is 14.4. The van der Waals surface area contributed by atoms with Crippen molar-refractivity contribution in [2.45, 2.75) is 104 Å². The number of nitrogens with zero attached hydrogens (tertiary/aromatic N) is 2. The summed E-state index contributed by atoms with van der Waals surface area (Å²) in [6.07, 6.45) is 14.9. The number of likely N-dealkylation sites (tertiary alicyclic amines) is 1. The van der Waals surface area contributed by atoms with E-state index in [1.165, 1.54) is 44.9 Å². The largest absolute Gasteiger partial charge is 0.466 e.